The molecule has 23 heavy (non-hydrogen) atoms. The average Bonchev–Trinajstić information content (AvgIpc) is 2.53. The van der Waals surface area contributed by atoms with E-state index in [9.17, 15) is 9.59 Å². The highest BCUT2D eigenvalue weighted by Gasteiger charge is 2.16. The molecule has 2 N–H and O–H groups in total. The van der Waals surface area contributed by atoms with E-state index < -0.39 is 0 Å². The molecule has 0 saturated carbocycles. The number of aromatic nitrogens is 2. The van der Waals surface area contributed by atoms with Crippen LogP contribution in [-0.4, -0.2) is 21.6 Å². The van der Waals surface area contributed by atoms with Gasteiger partial charge in [0.15, 0.2) is 5.16 Å². The number of thioether (sulfide) groups is 1. The maximum atomic E-state index is 12.2. The molecule has 0 fully saturated rings. The van der Waals surface area contributed by atoms with Crippen molar-refractivity contribution in [1.82, 2.24) is 15.3 Å². The van der Waals surface area contributed by atoms with Crippen LogP contribution in [0.3, 0.4) is 0 Å². The fraction of sp³-hybridized carbons (Fsp3) is 0.353. The lowest BCUT2D eigenvalue weighted by Gasteiger charge is -2.21. The zero-order chi connectivity index (χ0) is 16.7. The second kappa shape index (κ2) is 8.53. The molecule has 5 nitrogen and oxygen atoms in total. The van der Waals surface area contributed by atoms with Gasteiger partial charge in [-0.2, -0.15) is 0 Å². The van der Waals surface area contributed by atoms with Crippen LogP contribution in [0.25, 0.3) is 0 Å². The summed E-state index contributed by atoms with van der Waals surface area (Å²) in [6.45, 7) is 4.27. The molecule has 0 spiro atoms. The molecule has 0 aliphatic rings. The Morgan fingerprint density at radius 3 is 2.65 bits per heavy atom. The summed E-state index contributed by atoms with van der Waals surface area (Å²) in [6.07, 6.45) is 2.31. The molecule has 1 atom stereocenters. The molecule has 0 radical (unpaired) electrons. The van der Waals surface area contributed by atoms with Crippen molar-refractivity contribution in [2.24, 2.45) is 5.92 Å². The Bertz CT molecular complexity index is 685. The summed E-state index contributed by atoms with van der Waals surface area (Å²) in [5, 5.41) is 3.52. The Morgan fingerprint density at radius 2 is 2.00 bits per heavy atom. The van der Waals surface area contributed by atoms with Gasteiger partial charge < -0.3 is 10.3 Å². The van der Waals surface area contributed by atoms with Gasteiger partial charge in [-0.25, -0.2) is 4.98 Å². The van der Waals surface area contributed by atoms with Crippen LogP contribution in [-0.2, 0) is 4.79 Å². The van der Waals surface area contributed by atoms with Crippen LogP contribution in [0.1, 0.15) is 31.9 Å². The second-order valence-corrected chi connectivity index (χ2v) is 6.65. The predicted molar refractivity (Wildman–Crippen MR) is 92.4 cm³/mol. The van der Waals surface area contributed by atoms with Gasteiger partial charge >= 0.3 is 0 Å². The SMILES string of the molecule is CC(C)C[C@H](NC(=O)CSc1nccc(=O)[nH]1)c1ccccc1. The van der Waals surface area contributed by atoms with Crippen molar-refractivity contribution in [2.45, 2.75) is 31.5 Å². The van der Waals surface area contributed by atoms with Crippen LogP contribution in [0.4, 0.5) is 0 Å². The maximum absolute atomic E-state index is 12.2. The summed E-state index contributed by atoms with van der Waals surface area (Å²) in [5.41, 5.74) is 0.885. The Morgan fingerprint density at radius 1 is 1.26 bits per heavy atom. The number of aromatic amines is 1. The van der Waals surface area contributed by atoms with E-state index in [1.165, 1.54) is 24.0 Å². The Labute approximate surface area is 139 Å². The van der Waals surface area contributed by atoms with Crippen molar-refractivity contribution in [1.29, 1.82) is 0 Å². The van der Waals surface area contributed by atoms with Gasteiger partial charge in [0.2, 0.25) is 5.91 Å². The lowest BCUT2D eigenvalue weighted by atomic mass is 9.97. The molecule has 0 bridgehead atoms. The first-order chi connectivity index (χ1) is 11.0. The highest BCUT2D eigenvalue weighted by atomic mass is 32.2. The Hall–Kier alpha value is -2.08. The van der Waals surface area contributed by atoms with Crippen LogP contribution >= 0.6 is 11.8 Å². The molecule has 0 saturated heterocycles. The zero-order valence-electron chi connectivity index (χ0n) is 13.3. The van der Waals surface area contributed by atoms with Crippen molar-refractivity contribution in [3.63, 3.8) is 0 Å². The van der Waals surface area contributed by atoms with E-state index in [1.54, 1.807) is 0 Å². The summed E-state index contributed by atoms with van der Waals surface area (Å²) in [7, 11) is 0. The number of rotatable bonds is 7. The summed E-state index contributed by atoms with van der Waals surface area (Å²) in [6, 6.07) is 11.3. The number of benzene rings is 1. The van der Waals surface area contributed by atoms with Gasteiger partial charge in [0, 0.05) is 12.3 Å². The number of hydrogen-bond donors (Lipinski definition) is 2. The minimum atomic E-state index is -0.218. The van der Waals surface area contributed by atoms with Gasteiger partial charge in [-0.1, -0.05) is 55.9 Å². The third kappa shape index (κ3) is 5.90. The molecule has 1 aromatic heterocycles. The average molecular weight is 331 g/mol. The largest absolute Gasteiger partial charge is 0.349 e. The Kier molecular flexibility index (Phi) is 6.40. The first-order valence-electron chi connectivity index (χ1n) is 7.57. The molecule has 1 heterocycles. The van der Waals surface area contributed by atoms with Gasteiger partial charge in [-0.05, 0) is 17.9 Å². The molecule has 122 valence electrons. The van der Waals surface area contributed by atoms with Crippen LogP contribution < -0.4 is 10.9 Å². The van der Waals surface area contributed by atoms with E-state index >= 15 is 0 Å². The second-order valence-electron chi connectivity index (χ2n) is 5.69. The van der Waals surface area contributed by atoms with Crippen molar-refractivity contribution in [3.05, 3.63) is 58.5 Å². The smallest absolute Gasteiger partial charge is 0.251 e. The topological polar surface area (TPSA) is 74.8 Å². The van der Waals surface area contributed by atoms with Gasteiger partial charge in [0.25, 0.3) is 5.56 Å². The van der Waals surface area contributed by atoms with Crippen molar-refractivity contribution in [2.75, 3.05) is 5.75 Å². The highest BCUT2D eigenvalue weighted by molar-refractivity contribution is 7.99. The van der Waals surface area contributed by atoms with Crippen molar-refractivity contribution in [3.8, 4) is 0 Å². The van der Waals surface area contributed by atoms with Crippen LogP contribution in [0.15, 0.2) is 52.5 Å². The summed E-state index contributed by atoms with van der Waals surface area (Å²) >= 11 is 1.22. The zero-order valence-corrected chi connectivity index (χ0v) is 14.1. The van der Waals surface area contributed by atoms with E-state index in [-0.39, 0.29) is 23.3 Å². The van der Waals surface area contributed by atoms with Gasteiger partial charge in [0.05, 0.1) is 11.8 Å². The predicted octanol–water partition coefficient (Wildman–Crippen LogP) is 2.77. The normalized spacial score (nSPS) is 12.1. The maximum Gasteiger partial charge on any atom is 0.251 e. The number of H-pyrrole nitrogens is 1. The molecule has 2 rings (SSSR count). The summed E-state index contributed by atoms with van der Waals surface area (Å²) in [4.78, 5) is 30.0. The van der Waals surface area contributed by atoms with E-state index in [4.69, 9.17) is 0 Å². The number of carbonyl (C=O) groups is 1. The minimum Gasteiger partial charge on any atom is -0.349 e. The van der Waals surface area contributed by atoms with Gasteiger partial charge in [0.1, 0.15) is 0 Å². The van der Waals surface area contributed by atoms with E-state index in [0.717, 1.165) is 12.0 Å². The fourth-order valence-electron chi connectivity index (χ4n) is 2.23. The molecule has 1 aromatic carbocycles. The lowest BCUT2D eigenvalue weighted by molar-refractivity contribution is -0.119. The molecule has 6 heteroatoms. The van der Waals surface area contributed by atoms with Gasteiger partial charge in [-0.15, -0.1) is 0 Å². The minimum absolute atomic E-state index is 0.00733. The standard InChI is InChI=1S/C17H21N3O2S/c1-12(2)10-14(13-6-4-3-5-7-13)19-16(22)11-23-17-18-9-8-15(21)20-17/h3-9,12,14H,10-11H2,1-2H3,(H,19,22)(H,18,20,21)/t14-/m0/s1. The van der Waals surface area contributed by atoms with Crippen LogP contribution in [0, 0.1) is 5.92 Å². The van der Waals surface area contributed by atoms with Crippen molar-refractivity contribution < 1.29 is 4.79 Å². The number of nitrogens with one attached hydrogen (secondary N) is 2. The van der Waals surface area contributed by atoms with E-state index in [0.29, 0.717) is 11.1 Å². The lowest BCUT2D eigenvalue weighted by Crippen LogP contribution is -2.31. The molecule has 0 aliphatic carbocycles. The van der Waals surface area contributed by atoms with E-state index in [2.05, 4.69) is 29.1 Å². The molecule has 1 amide bonds. The first-order valence-corrected chi connectivity index (χ1v) is 8.55. The fourth-order valence-corrected chi connectivity index (χ4v) is 2.89. The third-order valence-electron chi connectivity index (χ3n) is 3.23. The first kappa shape index (κ1) is 17.3. The summed E-state index contributed by atoms with van der Waals surface area (Å²) in [5.74, 6) is 0.616. The number of nitrogens with zero attached hydrogens (tertiary/aromatic N) is 1. The number of carbonyl (C=O) groups excluding carboxylic acids is 1. The molecule has 0 aliphatic heterocycles. The van der Waals surface area contributed by atoms with Crippen LogP contribution in [0.2, 0.25) is 0 Å². The quantitative estimate of drug-likeness (QED) is 0.604. The Balaban J connectivity index is 1.96. The van der Waals surface area contributed by atoms with Crippen molar-refractivity contribution >= 4 is 17.7 Å². The molecule has 0 unspecified atom stereocenters. The highest BCUT2D eigenvalue weighted by Crippen LogP contribution is 2.21. The third-order valence-corrected chi connectivity index (χ3v) is 4.12. The van der Waals surface area contributed by atoms with Crippen LogP contribution in [0.5, 0.6) is 0 Å². The summed E-state index contributed by atoms with van der Waals surface area (Å²) < 4.78 is 0. The molecular weight excluding hydrogens is 310 g/mol. The molecular formula is C17H21N3O2S. The monoisotopic (exact) mass is 331 g/mol. The number of amides is 1. The molecule has 2 aromatic rings. The number of hydrogen-bond acceptors (Lipinski definition) is 4. The van der Waals surface area contributed by atoms with Gasteiger partial charge in [-0.3, -0.25) is 9.59 Å². The van der Waals surface area contributed by atoms with E-state index in [1.807, 2.05) is 30.3 Å².